The molecule has 2 amide bonds. The topological polar surface area (TPSA) is 67.4 Å². The molecule has 1 aliphatic rings. The molecule has 27 heavy (non-hydrogen) atoms. The first kappa shape index (κ1) is 19.6. The van der Waals surface area contributed by atoms with Crippen molar-refractivity contribution in [3.8, 4) is 5.75 Å². The second-order valence-corrected chi connectivity index (χ2v) is 8.71. The number of aryl methyl sites for hydroxylation is 1. The lowest BCUT2D eigenvalue weighted by Gasteiger charge is -2.11. The van der Waals surface area contributed by atoms with E-state index in [-0.39, 0.29) is 12.5 Å². The molecule has 0 atom stereocenters. The van der Waals surface area contributed by atoms with Crippen molar-refractivity contribution < 1.29 is 14.3 Å². The fourth-order valence-corrected chi connectivity index (χ4v) is 5.41. The standard InChI is InChI=1S/C20H22N2O3S2/c1-2-14-3-5-15(6-4-14)19(24)22-21-18(23)13-25-17-9-7-16(8-10-17)20-26-11-12-27-20/h3-10,20H,2,11-13H2,1H3,(H,21,23)(H,22,24). The maximum Gasteiger partial charge on any atom is 0.276 e. The van der Waals surface area contributed by atoms with Gasteiger partial charge < -0.3 is 4.74 Å². The Kier molecular flexibility index (Phi) is 7.06. The first-order valence-corrected chi connectivity index (χ1v) is 10.9. The van der Waals surface area contributed by atoms with Crippen molar-refractivity contribution in [2.24, 2.45) is 0 Å². The predicted octanol–water partition coefficient (Wildman–Crippen LogP) is 3.57. The van der Waals surface area contributed by atoms with Crippen LogP contribution < -0.4 is 15.6 Å². The van der Waals surface area contributed by atoms with Crippen molar-refractivity contribution >= 4 is 35.3 Å². The van der Waals surface area contributed by atoms with Gasteiger partial charge in [-0.25, -0.2) is 0 Å². The maximum absolute atomic E-state index is 12.0. The van der Waals surface area contributed by atoms with Crippen LogP contribution in [0.15, 0.2) is 48.5 Å². The quantitative estimate of drug-likeness (QED) is 0.723. The lowest BCUT2D eigenvalue weighted by molar-refractivity contribution is -0.123. The molecular weight excluding hydrogens is 380 g/mol. The van der Waals surface area contributed by atoms with E-state index in [0.717, 1.165) is 12.0 Å². The number of hydrogen-bond acceptors (Lipinski definition) is 5. The summed E-state index contributed by atoms with van der Waals surface area (Å²) >= 11 is 3.89. The van der Waals surface area contributed by atoms with Crippen LogP contribution in [0.4, 0.5) is 0 Å². The van der Waals surface area contributed by atoms with E-state index in [9.17, 15) is 9.59 Å². The Hall–Kier alpha value is -2.12. The largest absolute Gasteiger partial charge is 0.484 e. The average molecular weight is 403 g/mol. The molecule has 2 N–H and O–H groups in total. The number of amides is 2. The van der Waals surface area contributed by atoms with Gasteiger partial charge in [0.1, 0.15) is 5.75 Å². The minimum absolute atomic E-state index is 0.165. The molecule has 2 aromatic rings. The molecule has 1 heterocycles. The lowest BCUT2D eigenvalue weighted by Crippen LogP contribution is -2.43. The Morgan fingerprint density at radius 2 is 1.67 bits per heavy atom. The fraction of sp³-hybridized carbons (Fsp3) is 0.300. The smallest absolute Gasteiger partial charge is 0.276 e. The number of hydrogen-bond donors (Lipinski definition) is 2. The van der Waals surface area contributed by atoms with Crippen LogP contribution in [0.5, 0.6) is 5.75 Å². The molecule has 1 fully saturated rings. The number of benzene rings is 2. The van der Waals surface area contributed by atoms with E-state index in [1.807, 2.05) is 59.9 Å². The van der Waals surface area contributed by atoms with Gasteiger partial charge in [0.2, 0.25) is 0 Å². The summed E-state index contributed by atoms with van der Waals surface area (Å²) in [5.41, 5.74) is 7.67. The second kappa shape index (κ2) is 9.71. The molecule has 0 aromatic heterocycles. The number of hydrazine groups is 1. The Bertz CT molecular complexity index is 773. The van der Waals surface area contributed by atoms with Crippen LogP contribution in [0.2, 0.25) is 0 Å². The van der Waals surface area contributed by atoms with Crippen molar-refractivity contribution in [2.75, 3.05) is 18.1 Å². The van der Waals surface area contributed by atoms with Gasteiger partial charge in [-0.2, -0.15) is 0 Å². The molecule has 0 aliphatic carbocycles. The van der Waals surface area contributed by atoms with Gasteiger partial charge in [0.25, 0.3) is 11.8 Å². The molecule has 2 aromatic carbocycles. The van der Waals surface area contributed by atoms with Crippen LogP contribution in [0.25, 0.3) is 0 Å². The summed E-state index contributed by atoms with van der Waals surface area (Å²) in [5.74, 6) is 2.22. The van der Waals surface area contributed by atoms with Crippen molar-refractivity contribution in [3.05, 3.63) is 65.2 Å². The van der Waals surface area contributed by atoms with Crippen LogP contribution in [-0.4, -0.2) is 29.9 Å². The molecule has 142 valence electrons. The highest BCUT2D eigenvalue weighted by Gasteiger charge is 2.18. The molecule has 7 heteroatoms. The third kappa shape index (κ3) is 5.68. The number of ether oxygens (including phenoxy) is 1. The summed E-state index contributed by atoms with van der Waals surface area (Å²) in [7, 11) is 0. The molecule has 0 radical (unpaired) electrons. The van der Waals surface area contributed by atoms with Crippen LogP contribution >= 0.6 is 23.5 Å². The zero-order chi connectivity index (χ0) is 19.1. The van der Waals surface area contributed by atoms with E-state index in [2.05, 4.69) is 17.8 Å². The van der Waals surface area contributed by atoms with Gasteiger partial charge in [0, 0.05) is 17.1 Å². The molecule has 1 saturated heterocycles. The van der Waals surface area contributed by atoms with Gasteiger partial charge in [-0.05, 0) is 41.8 Å². The summed E-state index contributed by atoms with van der Waals surface area (Å²) in [6.45, 7) is 1.89. The van der Waals surface area contributed by atoms with E-state index in [0.29, 0.717) is 15.9 Å². The van der Waals surface area contributed by atoms with Crippen molar-refractivity contribution in [2.45, 2.75) is 17.9 Å². The fourth-order valence-electron chi connectivity index (χ4n) is 2.55. The Morgan fingerprint density at radius 1 is 1.00 bits per heavy atom. The van der Waals surface area contributed by atoms with Gasteiger partial charge >= 0.3 is 0 Å². The number of carbonyl (C=O) groups is 2. The van der Waals surface area contributed by atoms with Crippen LogP contribution in [0, 0.1) is 0 Å². The highest BCUT2D eigenvalue weighted by molar-refractivity contribution is 8.19. The highest BCUT2D eigenvalue weighted by Crippen LogP contribution is 2.45. The Balaban J connectivity index is 1.41. The Morgan fingerprint density at radius 3 is 2.30 bits per heavy atom. The third-order valence-corrected chi connectivity index (χ3v) is 7.19. The molecule has 0 bridgehead atoms. The zero-order valence-corrected chi connectivity index (χ0v) is 16.7. The number of thioether (sulfide) groups is 2. The lowest BCUT2D eigenvalue weighted by atomic mass is 10.1. The first-order chi connectivity index (χ1) is 13.2. The minimum atomic E-state index is -0.417. The predicted molar refractivity (Wildman–Crippen MR) is 111 cm³/mol. The normalized spacial score (nSPS) is 14.0. The molecular formula is C20H22N2O3S2. The number of carbonyl (C=O) groups excluding carboxylic acids is 2. The van der Waals surface area contributed by atoms with Gasteiger partial charge in [-0.1, -0.05) is 31.2 Å². The van der Waals surface area contributed by atoms with Gasteiger partial charge in [-0.3, -0.25) is 20.4 Å². The molecule has 3 rings (SSSR count). The van der Waals surface area contributed by atoms with E-state index in [1.54, 1.807) is 12.1 Å². The second-order valence-electron chi connectivity index (χ2n) is 5.98. The van der Waals surface area contributed by atoms with Crippen molar-refractivity contribution in [1.29, 1.82) is 0 Å². The zero-order valence-electron chi connectivity index (χ0n) is 15.1. The van der Waals surface area contributed by atoms with E-state index >= 15 is 0 Å². The first-order valence-electron chi connectivity index (χ1n) is 8.80. The monoisotopic (exact) mass is 402 g/mol. The number of rotatable bonds is 6. The van der Waals surface area contributed by atoms with E-state index < -0.39 is 5.91 Å². The van der Waals surface area contributed by atoms with Crippen LogP contribution in [0.1, 0.15) is 33.0 Å². The van der Waals surface area contributed by atoms with Gasteiger partial charge in [0.05, 0.1) is 4.58 Å². The summed E-state index contributed by atoms with van der Waals surface area (Å²) in [5, 5.41) is 0. The highest BCUT2D eigenvalue weighted by atomic mass is 32.2. The SMILES string of the molecule is CCc1ccc(C(=O)NNC(=O)COc2ccc(C3SCCS3)cc2)cc1. The summed E-state index contributed by atoms with van der Waals surface area (Å²) in [6.07, 6.45) is 0.912. The van der Waals surface area contributed by atoms with Crippen LogP contribution in [0.3, 0.4) is 0 Å². The molecule has 0 unspecified atom stereocenters. The van der Waals surface area contributed by atoms with Crippen molar-refractivity contribution in [3.63, 3.8) is 0 Å². The van der Waals surface area contributed by atoms with Crippen LogP contribution in [-0.2, 0) is 11.2 Å². The summed E-state index contributed by atoms with van der Waals surface area (Å²) < 4.78 is 5.97. The number of nitrogens with one attached hydrogen (secondary N) is 2. The minimum Gasteiger partial charge on any atom is -0.484 e. The Labute approximate surface area is 167 Å². The van der Waals surface area contributed by atoms with E-state index in [4.69, 9.17) is 4.74 Å². The summed E-state index contributed by atoms with van der Waals surface area (Å²) in [4.78, 5) is 23.9. The molecule has 1 aliphatic heterocycles. The molecule has 0 saturated carbocycles. The van der Waals surface area contributed by atoms with Gasteiger partial charge in [0.15, 0.2) is 6.61 Å². The van der Waals surface area contributed by atoms with Gasteiger partial charge in [-0.15, -0.1) is 23.5 Å². The third-order valence-electron chi connectivity index (χ3n) is 4.08. The molecule has 0 spiro atoms. The maximum atomic E-state index is 12.0. The average Bonchev–Trinajstić information content (AvgIpc) is 3.26. The summed E-state index contributed by atoms with van der Waals surface area (Å²) in [6, 6.07) is 15.1. The molecule has 5 nitrogen and oxygen atoms in total. The van der Waals surface area contributed by atoms with Crippen molar-refractivity contribution in [1.82, 2.24) is 10.9 Å². The van der Waals surface area contributed by atoms with E-state index in [1.165, 1.54) is 17.1 Å².